The molecule has 0 aliphatic carbocycles. The summed E-state index contributed by atoms with van der Waals surface area (Å²) in [5.74, 6) is 0.861. The third-order valence-corrected chi connectivity index (χ3v) is 2.09. The molecule has 0 saturated heterocycles. The van der Waals surface area contributed by atoms with Crippen LogP contribution in [0.4, 0.5) is 0 Å². The van der Waals surface area contributed by atoms with Crippen molar-refractivity contribution in [2.75, 3.05) is 13.1 Å². The molecule has 1 aromatic heterocycles. The first-order chi connectivity index (χ1) is 7.50. The molecule has 1 N–H and O–H groups in total. The quantitative estimate of drug-likeness (QED) is 0.825. The van der Waals surface area contributed by atoms with Gasteiger partial charge in [-0.2, -0.15) is 15.4 Å². The van der Waals surface area contributed by atoms with E-state index in [-0.39, 0.29) is 5.91 Å². The highest BCUT2D eigenvalue weighted by molar-refractivity contribution is 5.91. The first kappa shape index (κ1) is 12.7. The van der Waals surface area contributed by atoms with Gasteiger partial charge in [0.15, 0.2) is 5.69 Å². The molecular formula is C11H20N4O. The van der Waals surface area contributed by atoms with Crippen molar-refractivity contribution in [3.63, 3.8) is 0 Å². The Balaban J connectivity index is 2.71. The number of hydrogen-bond acceptors (Lipinski definition) is 3. The van der Waals surface area contributed by atoms with Gasteiger partial charge in [0.25, 0.3) is 5.91 Å². The number of aromatic nitrogens is 3. The molecule has 0 aromatic carbocycles. The number of hydrogen-bond donors (Lipinski definition) is 1. The molecular weight excluding hydrogens is 204 g/mol. The van der Waals surface area contributed by atoms with Crippen LogP contribution in [0.2, 0.25) is 0 Å². The summed E-state index contributed by atoms with van der Waals surface area (Å²) in [6, 6.07) is 0. The lowest BCUT2D eigenvalue weighted by atomic mass is 10.1. The Labute approximate surface area is 96.2 Å². The molecule has 1 heterocycles. The van der Waals surface area contributed by atoms with Crippen molar-refractivity contribution in [2.24, 2.45) is 11.8 Å². The second kappa shape index (κ2) is 5.63. The molecule has 5 nitrogen and oxygen atoms in total. The second-order valence-corrected chi connectivity index (χ2v) is 4.85. The van der Waals surface area contributed by atoms with Crippen LogP contribution in [-0.2, 0) is 0 Å². The van der Waals surface area contributed by atoms with Crippen molar-refractivity contribution in [1.29, 1.82) is 0 Å². The molecule has 1 rings (SSSR count). The molecule has 0 saturated carbocycles. The van der Waals surface area contributed by atoms with Crippen molar-refractivity contribution >= 4 is 5.91 Å². The SMILES string of the molecule is CC(C)CN(CC(C)C)C(=O)c1cn[nH]n1. The van der Waals surface area contributed by atoms with E-state index in [0.29, 0.717) is 17.5 Å². The minimum Gasteiger partial charge on any atom is -0.337 e. The summed E-state index contributed by atoms with van der Waals surface area (Å²) in [7, 11) is 0. The predicted molar refractivity (Wildman–Crippen MR) is 62.0 cm³/mol. The monoisotopic (exact) mass is 224 g/mol. The highest BCUT2D eigenvalue weighted by Gasteiger charge is 2.19. The largest absolute Gasteiger partial charge is 0.337 e. The molecule has 90 valence electrons. The lowest BCUT2D eigenvalue weighted by Gasteiger charge is -2.25. The van der Waals surface area contributed by atoms with Crippen LogP contribution in [0.5, 0.6) is 0 Å². The van der Waals surface area contributed by atoms with Crippen molar-refractivity contribution < 1.29 is 4.79 Å². The Hall–Kier alpha value is -1.39. The Bertz CT molecular complexity index is 309. The van der Waals surface area contributed by atoms with Gasteiger partial charge in [0.1, 0.15) is 0 Å². The molecule has 16 heavy (non-hydrogen) atoms. The van der Waals surface area contributed by atoms with Gasteiger partial charge in [0, 0.05) is 13.1 Å². The number of nitrogens with one attached hydrogen (secondary N) is 1. The summed E-state index contributed by atoms with van der Waals surface area (Å²) < 4.78 is 0. The summed E-state index contributed by atoms with van der Waals surface area (Å²) in [4.78, 5) is 13.9. The summed E-state index contributed by atoms with van der Waals surface area (Å²) >= 11 is 0. The van der Waals surface area contributed by atoms with Crippen LogP contribution in [0.1, 0.15) is 38.2 Å². The molecule has 0 aliphatic heterocycles. The van der Waals surface area contributed by atoms with Gasteiger partial charge in [-0.25, -0.2) is 0 Å². The van der Waals surface area contributed by atoms with Crippen LogP contribution >= 0.6 is 0 Å². The first-order valence-corrected chi connectivity index (χ1v) is 5.65. The zero-order valence-electron chi connectivity index (χ0n) is 10.4. The zero-order chi connectivity index (χ0) is 12.1. The van der Waals surface area contributed by atoms with Crippen LogP contribution in [0, 0.1) is 11.8 Å². The maximum absolute atomic E-state index is 12.1. The van der Waals surface area contributed by atoms with E-state index in [9.17, 15) is 4.79 Å². The Morgan fingerprint density at radius 2 is 1.88 bits per heavy atom. The van der Waals surface area contributed by atoms with Crippen LogP contribution < -0.4 is 0 Å². The fraction of sp³-hybridized carbons (Fsp3) is 0.727. The molecule has 1 aromatic rings. The third kappa shape index (κ3) is 3.64. The molecule has 0 bridgehead atoms. The minimum absolute atomic E-state index is 0.0452. The maximum Gasteiger partial charge on any atom is 0.276 e. The standard InChI is InChI=1S/C11H20N4O/c1-8(2)6-15(7-9(3)4)11(16)10-5-12-14-13-10/h5,8-9H,6-7H2,1-4H3,(H,12,13,14). The van der Waals surface area contributed by atoms with E-state index < -0.39 is 0 Å². The number of H-pyrrole nitrogens is 1. The summed E-state index contributed by atoms with van der Waals surface area (Å²) in [5.41, 5.74) is 0.390. The average molecular weight is 224 g/mol. The van der Waals surface area contributed by atoms with Gasteiger partial charge in [0.05, 0.1) is 6.20 Å². The molecule has 0 atom stereocenters. The lowest BCUT2D eigenvalue weighted by Crippen LogP contribution is -2.37. The zero-order valence-corrected chi connectivity index (χ0v) is 10.4. The molecule has 0 spiro atoms. The predicted octanol–water partition coefficient (Wildman–Crippen LogP) is 1.56. The number of carbonyl (C=O) groups is 1. The minimum atomic E-state index is -0.0452. The van der Waals surface area contributed by atoms with Crippen molar-refractivity contribution in [1.82, 2.24) is 20.3 Å². The fourth-order valence-corrected chi connectivity index (χ4v) is 1.59. The topological polar surface area (TPSA) is 61.9 Å². The van der Waals surface area contributed by atoms with Gasteiger partial charge in [0.2, 0.25) is 0 Å². The van der Waals surface area contributed by atoms with E-state index in [0.717, 1.165) is 13.1 Å². The summed E-state index contributed by atoms with van der Waals surface area (Å²) in [5, 5.41) is 9.95. The van der Waals surface area contributed by atoms with Crippen LogP contribution in [0.25, 0.3) is 0 Å². The van der Waals surface area contributed by atoms with Gasteiger partial charge >= 0.3 is 0 Å². The van der Waals surface area contributed by atoms with Gasteiger partial charge < -0.3 is 4.90 Å². The van der Waals surface area contributed by atoms with Gasteiger partial charge in [-0.3, -0.25) is 4.79 Å². The average Bonchev–Trinajstić information content (AvgIpc) is 2.66. The highest BCUT2D eigenvalue weighted by Crippen LogP contribution is 2.07. The Morgan fingerprint density at radius 3 is 2.25 bits per heavy atom. The number of aromatic amines is 1. The summed E-state index contributed by atoms with van der Waals surface area (Å²) in [6.45, 7) is 9.91. The van der Waals surface area contributed by atoms with Crippen LogP contribution in [-0.4, -0.2) is 39.3 Å². The lowest BCUT2D eigenvalue weighted by molar-refractivity contribution is 0.0709. The second-order valence-electron chi connectivity index (χ2n) is 4.85. The van der Waals surface area contributed by atoms with Gasteiger partial charge in [-0.05, 0) is 11.8 Å². The van der Waals surface area contributed by atoms with E-state index in [2.05, 4.69) is 43.1 Å². The molecule has 5 heteroatoms. The van der Waals surface area contributed by atoms with E-state index in [1.165, 1.54) is 6.20 Å². The van der Waals surface area contributed by atoms with Gasteiger partial charge in [-0.15, -0.1) is 0 Å². The smallest absolute Gasteiger partial charge is 0.276 e. The first-order valence-electron chi connectivity index (χ1n) is 5.65. The summed E-state index contributed by atoms with van der Waals surface area (Å²) in [6.07, 6.45) is 1.47. The Morgan fingerprint density at radius 1 is 1.31 bits per heavy atom. The number of carbonyl (C=O) groups excluding carboxylic acids is 1. The van der Waals surface area contributed by atoms with E-state index in [1.54, 1.807) is 0 Å². The highest BCUT2D eigenvalue weighted by atomic mass is 16.2. The van der Waals surface area contributed by atoms with Crippen molar-refractivity contribution in [3.8, 4) is 0 Å². The number of rotatable bonds is 5. The number of nitrogens with zero attached hydrogens (tertiary/aromatic N) is 3. The van der Waals surface area contributed by atoms with E-state index in [1.807, 2.05) is 4.90 Å². The molecule has 0 fully saturated rings. The van der Waals surface area contributed by atoms with Gasteiger partial charge in [-0.1, -0.05) is 27.7 Å². The van der Waals surface area contributed by atoms with Crippen LogP contribution in [0.15, 0.2) is 6.20 Å². The van der Waals surface area contributed by atoms with Crippen molar-refractivity contribution in [2.45, 2.75) is 27.7 Å². The molecule has 1 amide bonds. The van der Waals surface area contributed by atoms with Crippen LogP contribution in [0.3, 0.4) is 0 Å². The van der Waals surface area contributed by atoms with E-state index in [4.69, 9.17) is 0 Å². The normalized spacial score (nSPS) is 11.1. The molecule has 0 unspecified atom stereocenters. The number of amides is 1. The fourth-order valence-electron chi connectivity index (χ4n) is 1.59. The van der Waals surface area contributed by atoms with E-state index >= 15 is 0 Å². The van der Waals surface area contributed by atoms with Crippen molar-refractivity contribution in [3.05, 3.63) is 11.9 Å². The third-order valence-electron chi connectivity index (χ3n) is 2.09. The Kier molecular flexibility index (Phi) is 4.46. The maximum atomic E-state index is 12.1. The molecule has 0 radical (unpaired) electrons. The molecule has 0 aliphatic rings.